The standard InChI is InChI=1S/C14H22N4O3/c1-2-12(16-7-6-13(19)18-21)9-17-14(20)10-4-3-5-11(15)8-10/h3-5,8,12,16,21H,2,6-7,9,15H2,1H3,(H,17,20)(H,18,19). The van der Waals surface area contributed by atoms with Gasteiger partial charge in [-0.05, 0) is 24.6 Å². The number of hydroxylamine groups is 1. The molecular formula is C14H22N4O3. The first-order valence-corrected chi connectivity index (χ1v) is 6.86. The molecule has 1 rings (SSSR count). The highest BCUT2D eigenvalue weighted by atomic mass is 16.5. The van der Waals surface area contributed by atoms with Gasteiger partial charge < -0.3 is 16.4 Å². The SMILES string of the molecule is CCC(CNC(=O)c1cccc(N)c1)NCCC(=O)NO. The van der Waals surface area contributed by atoms with Gasteiger partial charge in [0.25, 0.3) is 5.91 Å². The lowest BCUT2D eigenvalue weighted by Gasteiger charge is -2.17. The van der Waals surface area contributed by atoms with E-state index >= 15 is 0 Å². The predicted octanol–water partition coefficient (Wildman–Crippen LogP) is 0.262. The van der Waals surface area contributed by atoms with E-state index in [1.807, 2.05) is 6.92 Å². The van der Waals surface area contributed by atoms with Crippen LogP contribution in [0.4, 0.5) is 5.69 Å². The Balaban J connectivity index is 2.37. The monoisotopic (exact) mass is 294 g/mol. The highest BCUT2D eigenvalue weighted by Crippen LogP contribution is 2.06. The third-order valence-electron chi connectivity index (χ3n) is 3.06. The minimum absolute atomic E-state index is 0.0569. The molecule has 0 aliphatic rings. The van der Waals surface area contributed by atoms with E-state index in [-0.39, 0.29) is 18.4 Å². The summed E-state index contributed by atoms with van der Waals surface area (Å²) in [5, 5.41) is 14.4. The minimum Gasteiger partial charge on any atom is -0.399 e. The quantitative estimate of drug-likeness (QED) is 0.268. The fourth-order valence-corrected chi connectivity index (χ4v) is 1.80. The highest BCUT2D eigenvalue weighted by molar-refractivity contribution is 5.94. The van der Waals surface area contributed by atoms with Gasteiger partial charge in [0.05, 0.1) is 0 Å². The number of amides is 2. The number of nitrogen functional groups attached to an aromatic ring is 1. The van der Waals surface area contributed by atoms with Crippen molar-refractivity contribution in [3.05, 3.63) is 29.8 Å². The summed E-state index contributed by atoms with van der Waals surface area (Å²) < 4.78 is 0. The molecule has 0 fully saturated rings. The van der Waals surface area contributed by atoms with Crippen molar-refractivity contribution in [2.45, 2.75) is 25.8 Å². The van der Waals surface area contributed by atoms with Gasteiger partial charge in [0.15, 0.2) is 0 Å². The lowest BCUT2D eigenvalue weighted by molar-refractivity contribution is -0.129. The van der Waals surface area contributed by atoms with E-state index in [0.717, 1.165) is 6.42 Å². The number of hydrogen-bond donors (Lipinski definition) is 5. The summed E-state index contributed by atoms with van der Waals surface area (Å²) in [5.74, 6) is -0.628. The summed E-state index contributed by atoms with van der Waals surface area (Å²) in [6.45, 7) is 2.86. The van der Waals surface area contributed by atoms with Crippen molar-refractivity contribution in [3.8, 4) is 0 Å². The number of nitrogens with one attached hydrogen (secondary N) is 3. The molecule has 0 heterocycles. The van der Waals surface area contributed by atoms with Crippen molar-refractivity contribution >= 4 is 17.5 Å². The number of benzene rings is 1. The molecule has 7 heteroatoms. The predicted molar refractivity (Wildman–Crippen MR) is 79.8 cm³/mol. The van der Waals surface area contributed by atoms with Crippen molar-refractivity contribution in [2.75, 3.05) is 18.8 Å². The molecule has 0 aromatic heterocycles. The van der Waals surface area contributed by atoms with Crippen LogP contribution in [0.3, 0.4) is 0 Å². The number of rotatable bonds is 8. The molecule has 0 spiro atoms. The average molecular weight is 294 g/mol. The largest absolute Gasteiger partial charge is 0.399 e. The summed E-state index contributed by atoms with van der Waals surface area (Å²) in [7, 11) is 0. The molecule has 1 unspecified atom stereocenters. The molecule has 0 radical (unpaired) electrons. The molecular weight excluding hydrogens is 272 g/mol. The van der Waals surface area contributed by atoms with Crippen LogP contribution in [0.15, 0.2) is 24.3 Å². The third kappa shape index (κ3) is 6.24. The van der Waals surface area contributed by atoms with Crippen LogP contribution in [-0.4, -0.2) is 36.2 Å². The fourth-order valence-electron chi connectivity index (χ4n) is 1.80. The molecule has 2 amide bonds. The topological polar surface area (TPSA) is 116 Å². The molecule has 0 aliphatic carbocycles. The van der Waals surface area contributed by atoms with Crippen molar-refractivity contribution < 1.29 is 14.8 Å². The molecule has 1 aromatic carbocycles. The molecule has 1 atom stereocenters. The number of carbonyl (C=O) groups is 2. The number of nitrogens with two attached hydrogens (primary N) is 1. The number of hydrogen-bond acceptors (Lipinski definition) is 5. The Morgan fingerprint density at radius 2 is 2.14 bits per heavy atom. The van der Waals surface area contributed by atoms with Crippen LogP contribution < -0.4 is 21.8 Å². The van der Waals surface area contributed by atoms with Gasteiger partial charge in [0.1, 0.15) is 0 Å². The maximum Gasteiger partial charge on any atom is 0.251 e. The number of carbonyl (C=O) groups excluding carboxylic acids is 2. The first-order valence-electron chi connectivity index (χ1n) is 6.86. The normalized spacial score (nSPS) is 11.7. The van der Waals surface area contributed by atoms with Crippen LogP contribution in [0.25, 0.3) is 0 Å². The molecule has 1 aromatic rings. The van der Waals surface area contributed by atoms with E-state index in [1.165, 1.54) is 0 Å². The average Bonchev–Trinajstić information content (AvgIpc) is 2.49. The molecule has 6 N–H and O–H groups in total. The van der Waals surface area contributed by atoms with E-state index in [0.29, 0.717) is 24.3 Å². The second-order valence-electron chi connectivity index (χ2n) is 4.68. The molecule has 21 heavy (non-hydrogen) atoms. The fraction of sp³-hybridized carbons (Fsp3) is 0.429. The van der Waals surface area contributed by atoms with Crippen LogP contribution in [0.1, 0.15) is 30.1 Å². The molecule has 0 bridgehead atoms. The number of anilines is 1. The second kappa shape index (κ2) is 8.93. The van der Waals surface area contributed by atoms with Gasteiger partial charge in [-0.2, -0.15) is 0 Å². The van der Waals surface area contributed by atoms with Gasteiger partial charge in [-0.25, -0.2) is 5.48 Å². The van der Waals surface area contributed by atoms with Crippen LogP contribution >= 0.6 is 0 Å². The summed E-state index contributed by atoms with van der Waals surface area (Å²) in [5.41, 5.74) is 8.27. The summed E-state index contributed by atoms with van der Waals surface area (Å²) >= 11 is 0. The van der Waals surface area contributed by atoms with Gasteiger partial charge in [-0.15, -0.1) is 0 Å². The van der Waals surface area contributed by atoms with Gasteiger partial charge in [0.2, 0.25) is 5.91 Å². The van der Waals surface area contributed by atoms with E-state index in [9.17, 15) is 9.59 Å². The molecule has 0 aliphatic heterocycles. The zero-order chi connectivity index (χ0) is 15.7. The second-order valence-corrected chi connectivity index (χ2v) is 4.68. The van der Waals surface area contributed by atoms with Crippen LogP contribution in [0.5, 0.6) is 0 Å². The minimum atomic E-state index is -0.443. The van der Waals surface area contributed by atoms with Gasteiger partial charge in [-0.3, -0.25) is 14.8 Å². The third-order valence-corrected chi connectivity index (χ3v) is 3.06. The maximum absolute atomic E-state index is 12.0. The van der Waals surface area contributed by atoms with E-state index in [4.69, 9.17) is 10.9 Å². The molecule has 7 nitrogen and oxygen atoms in total. The summed E-state index contributed by atoms with van der Waals surface area (Å²) in [6.07, 6.45) is 0.980. The Hall–Kier alpha value is -2.12. The van der Waals surface area contributed by atoms with E-state index in [1.54, 1.807) is 29.7 Å². The van der Waals surface area contributed by atoms with Crippen molar-refractivity contribution in [3.63, 3.8) is 0 Å². The maximum atomic E-state index is 12.0. The summed E-state index contributed by atoms with van der Waals surface area (Å²) in [6, 6.07) is 6.83. The Labute approximate surface area is 123 Å². The van der Waals surface area contributed by atoms with Gasteiger partial charge in [-0.1, -0.05) is 13.0 Å². The summed E-state index contributed by atoms with van der Waals surface area (Å²) in [4.78, 5) is 22.8. The lowest BCUT2D eigenvalue weighted by Crippen LogP contribution is -2.41. The zero-order valence-electron chi connectivity index (χ0n) is 12.1. The zero-order valence-corrected chi connectivity index (χ0v) is 12.1. The molecule has 116 valence electrons. The van der Waals surface area contributed by atoms with Crippen LogP contribution in [0.2, 0.25) is 0 Å². The van der Waals surface area contributed by atoms with Crippen molar-refractivity contribution in [2.24, 2.45) is 0 Å². The first kappa shape index (κ1) is 16.9. The molecule has 0 saturated heterocycles. The highest BCUT2D eigenvalue weighted by Gasteiger charge is 2.10. The van der Waals surface area contributed by atoms with Crippen molar-refractivity contribution in [1.29, 1.82) is 0 Å². The Bertz CT molecular complexity index is 479. The Morgan fingerprint density at radius 1 is 1.38 bits per heavy atom. The van der Waals surface area contributed by atoms with Crippen molar-refractivity contribution in [1.82, 2.24) is 16.1 Å². The Kier molecular flexibility index (Phi) is 7.20. The first-order chi connectivity index (χ1) is 10.1. The van der Waals surface area contributed by atoms with Crippen LogP contribution in [-0.2, 0) is 4.79 Å². The Morgan fingerprint density at radius 3 is 2.76 bits per heavy atom. The van der Waals surface area contributed by atoms with E-state index < -0.39 is 5.91 Å². The lowest BCUT2D eigenvalue weighted by atomic mass is 10.1. The van der Waals surface area contributed by atoms with Crippen LogP contribution in [0, 0.1) is 0 Å². The van der Waals surface area contributed by atoms with E-state index in [2.05, 4.69) is 10.6 Å². The van der Waals surface area contributed by atoms with Gasteiger partial charge >= 0.3 is 0 Å². The molecule has 0 saturated carbocycles. The smallest absolute Gasteiger partial charge is 0.251 e. The van der Waals surface area contributed by atoms with Gasteiger partial charge in [0, 0.05) is 36.8 Å².